The summed E-state index contributed by atoms with van der Waals surface area (Å²) in [6.07, 6.45) is -4.88. The Balaban J connectivity index is 3.25. The molecule has 0 saturated heterocycles. The van der Waals surface area contributed by atoms with E-state index in [9.17, 15) is 21.6 Å². The molecule has 0 heterocycles. The standard InChI is InChI=1S/C7H5F3INO3S/c8-7(9,10)15-4-2-1-3-5(6(4)11)16(12,13)14/h1-3H,(H2,12,13,14). The molecular formula is C7H5F3INO3S. The van der Waals surface area contributed by atoms with Crippen molar-refractivity contribution in [2.45, 2.75) is 11.3 Å². The zero-order chi connectivity index (χ0) is 12.6. The maximum Gasteiger partial charge on any atom is 0.573 e. The Hall–Kier alpha value is -0.550. The average Bonchev–Trinajstić information content (AvgIpc) is 2.04. The molecule has 0 aliphatic heterocycles. The highest BCUT2D eigenvalue weighted by atomic mass is 127. The number of halogens is 4. The third-order valence-electron chi connectivity index (χ3n) is 1.46. The Labute approximate surface area is 103 Å². The molecular weight excluding hydrogens is 362 g/mol. The van der Waals surface area contributed by atoms with Gasteiger partial charge in [0.25, 0.3) is 0 Å². The second-order valence-corrected chi connectivity index (χ2v) is 5.27. The molecule has 0 radical (unpaired) electrons. The summed E-state index contributed by atoms with van der Waals surface area (Å²) in [5, 5.41) is 4.82. The van der Waals surface area contributed by atoms with E-state index in [4.69, 9.17) is 5.14 Å². The van der Waals surface area contributed by atoms with E-state index < -0.39 is 27.0 Å². The van der Waals surface area contributed by atoms with Gasteiger partial charge in [-0.1, -0.05) is 6.07 Å². The monoisotopic (exact) mass is 367 g/mol. The summed E-state index contributed by atoms with van der Waals surface area (Å²) >= 11 is 1.42. The van der Waals surface area contributed by atoms with Crippen LogP contribution in [-0.4, -0.2) is 14.8 Å². The second-order valence-electron chi connectivity index (χ2n) is 2.66. The molecule has 1 rings (SSSR count). The Morgan fingerprint density at radius 2 is 1.88 bits per heavy atom. The molecule has 0 atom stereocenters. The highest BCUT2D eigenvalue weighted by Crippen LogP contribution is 2.31. The minimum Gasteiger partial charge on any atom is -0.405 e. The molecule has 16 heavy (non-hydrogen) atoms. The number of sulfonamides is 1. The first-order valence-electron chi connectivity index (χ1n) is 3.68. The fourth-order valence-corrected chi connectivity index (χ4v) is 2.92. The van der Waals surface area contributed by atoms with E-state index >= 15 is 0 Å². The van der Waals surface area contributed by atoms with Gasteiger partial charge in [0.1, 0.15) is 5.75 Å². The van der Waals surface area contributed by atoms with Crippen molar-refractivity contribution in [2.24, 2.45) is 5.14 Å². The zero-order valence-electron chi connectivity index (χ0n) is 7.45. The molecule has 4 nitrogen and oxygen atoms in total. The van der Waals surface area contributed by atoms with Crippen molar-refractivity contribution in [2.75, 3.05) is 0 Å². The lowest BCUT2D eigenvalue weighted by atomic mass is 10.3. The first-order chi connectivity index (χ1) is 7.11. The third kappa shape index (κ3) is 3.49. The molecule has 0 aromatic heterocycles. The fraction of sp³-hybridized carbons (Fsp3) is 0.143. The van der Waals surface area contributed by atoms with Crippen molar-refractivity contribution >= 4 is 32.6 Å². The molecule has 0 unspecified atom stereocenters. The summed E-state index contributed by atoms with van der Waals surface area (Å²) in [6, 6.07) is 3.22. The maximum absolute atomic E-state index is 11.9. The van der Waals surface area contributed by atoms with E-state index in [0.717, 1.165) is 18.2 Å². The van der Waals surface area contributed by atoms with Crippen LogP contribution in [0.2, 0.25) is 0 Å². The van der Waals surface area contributed by atoms with E-state index in [0.29, 0.717) is 0 Å². The van der Waals surface area contributed by atoms with Crippen LogP contribution in [0.1, 0.15) is 0 Å². The van der Waals surface area contributed by atoms with Gasteiger partial charge in [-0.15, -0.1) is 13.2 Å². The predicted molar refractivity (Wildman–Crippen MR) is 57.2 cm³/mol. The van der Waals surface area contributed by atoms with Gasteiger partial charge in [-0.05, 0) is 34.7 Å². The smallest absolute Gasteiger partial charge is 0.405 e. The van der Waals surface area contributed by atoms with Crippen molar-refractivity contribution in [3.05, 3.63) is 21.8 Å². The molecule has 2 N–H and O–H groups in total. The van der Waals surface area contributed by atoms with E-state index in [1.54, 1.807) is 0 Å². The number of hydrogen-bond donors (Lipinski definition) is 1. The van der Waals surface area contributed by atoms with Gasteiger partial charge in [0.2, 0.25) is 10.0 Å². The van der Waals surface area contributed by atoms with Crippen LogP contribution < -0.4 is 9.88 Å². The summed E-state index contributed by atoms with van der Waals surface area (Å²) in [5.74, 6) is -0.598. The molecule has 90 valence electrons. The number of alkyl halides is 3. The number of benzene rings is 1. The number of ether oxygens (including phenoxy) is 1. The SMILES string of the molecule is NS(=O)(=O)c1cccc(OC(F)(F)F)c1I. The third-order valence-corrected chi connectivity index (χ3v) is 3.89. The second kappa shape index (κ2) is 4.37. The van der Waals surface area contributed by atoms with Crippen molar-refractivity contribution in [3.63, 3.8) is 0 Å². The quantitative estimate of drug-likeness (QED) is 0.812. The normalized spacial score (nSPS) is 12.6. The summed E-state index contributed by atoms with van der Waals surface area (Å²) < 4.78 is 61.3. The Bertz CT molecular complexity index is 500. The summed E-state index contributed by atoms with van der Waals surface area (Å²) in [4.78, 5) is -0.408. The summed E-state index contributed by atoms with van der Waals surface area (Å²) in [7, 11) is -4.07. The molecule has 0 aliphatic rings. The highest BCUT2D eigenvalue weighted by Gasteiger charge is 2.32. The minimum absolute atomic E-state index is 0.208. The molecule has 1 aromatic carbocycles. The van der Waals surface area contributed by atoms with E-state index in [1.807, 2.05) is 0 Å². The van der Waals surface area contributed by atoms with Gasteiger partial charge in [-0.25, -0.2) is 13.6 Å². The van der Waals surface area contributed by atoms with Crippen LogP contribution in [0.5, 0.6) is 5.75 Å². The van der Waals surface area contributed by atoms with Crippen LogP contribution in [0.3, 0.4) is 0 Å². The largest absolute Gasteiger partial charge is 0.573 e. The first kappa shape index (κ1) is 13.5. The van der Waals surface area contributed by atoms with Crippen LogP contribution in [-0.2, 0) is 10.0 Å². The van der Waals surface area contributed by atoms with Crippen LogP contribution in [0.15, 0.2) is 23.1 Å². The summed E-state index contributed by atoms with van der Waals surface area (Å²) in [5.41, 5.74) is 0. The van der Waals surface area contributed by atoms with Gasteiger partial charge in [0.05, 0.1) is 8.47 Å². The zero-order valence-corrected chi connectivity index (χ0v) is 10.4. The van der Waals surface area contributed by atoms with Crippen LogP contribution in [0.25, 0.3) is 0 Å². The molecule has 1 aromatic rings. The van der Waals surface area contributed by atoms with Gasteiger partial charge in [-0.3, -0.25) is 0 Å². The van der Waals surface area contributed by atoms with Crippen molar-refractivity contribution in [1.82, 2.24) is 0 Å². The van der Waals surface area contributed by atoms with Gasteiger partial charge in [0.15, 0.2) is 0 Å². The van der Waals surface area contributed by atoms with Gasteiger partial charge < -0.3 is 4.74 Å². The Kier molecular flexibility index (Phi) is 3.69. The highest BCUT2D eigenvalue weighted by molar-refractivity contribution is 14.1. The lowest BCUT2D eigenvalue weighted by Crippen LogP contribution is -2.19. The predicted octanol–water partition coefficient (Wildman–Crippen LogP) is 1.84. The maximum atomic E-state index is 11.9. The molecule has 0 fully saturated rings. The fourth-order valence-electron chi connectivity index (χ4n) is 0.914. The molecule has 0 saturated carbocycles. The topological polar surface area (TPSA) is 69.4 Å². The van der Waals surface area contributed by atoms with Crippen molar-refractivity contribution < 1.29 is 26.3 Å². The number of nitrogens with two attached hydrogens (primary N) is 1. The van der Waals surface area contributed by atoms with Crippen LogP contribution in [0.4, 0.5) is 13.2 Å². The van der Waals surface area contributed by atoms with Gasteiger partial charge >= 0.3 is 6.36 Å². The first-order valence-corrected chi connectivity index (χ1v) is 6.31. The number of rotatable bonds is 2. The number of hydrogen-bond acceptors (Lipinski definition) is 3. The average molecular weight is 367 g/mol. The van der Waals surface area contributed by atoms with E-state index in [-0.39, 0.29) is 3.57 Å². The lowest BCUT2D eigenvalue weighted by molar-refractivity contribution is -0.275. The molecule has 9 heteroatoms. The molecule has 0 bridgehead atoms. The lowest BCUT2D eigenvalue weighted by Gasteiger charge is -2.11. The molecule has 0 aliphatic carbocycles. The van der Waals surface area contributed by atoms with Crippen molar-refractivity contribution in [1.29, 1.82) is 0 Å². The molecule has 0 spiro atoms. The minimum atomic E-state index is -4.88. The van der Waals surface area contributed by atoms with Gasteiger partial charge in [-0.2, -0.15) is 0 Å². The van der Waals surface area contributed by atoms with E-state index in [1.165, 1.54) is 22.6 Å². The van der Waals surface area contributed by atoms with Gasteiger partial charge in [0, 0.05) is 0 Å². The van der Waals surface area contributed by atoms with Crippen LogP contribution in [0, 0.1) is 3.57 Å². The molecule has 0 amide bonds. The Morgan fingerprint density at radius 1 is 1.31 bits per heavy atom. The Morgan fingerprint density at radius 3 is 2.31 bits per heavy atom. The van der Waals surface area contributed by atoms with E-state index in [2.05, 4.69) is 4.74 Å². The van der Waals surface area contributed by atoms with Crippen LogP contribution >= 0.6 is 22.6 Å². The number of primary sulfonamides is 1. The van der Waals surface area contributed by atoms with Crippen molar-refractivity contribution in [3.8, 4) is 5.75 Å². The summed E-state index contributed by atoms with van der Waals surface area (Å²) in [6.45, 7) is 0.